The molecular formula is C14H17BrN2O4. The zero-order valence-electron chi connectivity index (χ0n) is 11.4. The van der Waals surface area contributed by atoms with Crippen LogP contribution in [0.2, 0.25) is 0 Å². The van der Waals surface area contributed by atoms with Crippen molar-refractivity contribution in [1.82, 2.24) is 5.32 Å². The SMILES string of the molecule is O=C(NCC1CCC(O)CC1)c1ccc(Br)c([N+](=O)[O-])c1. The first-order valence-electron chi connectivity index (χ1n) is 6.87. The highest BCUT2D eigenvalue weighted by Crippen LogP contribution is 2.26. The Balaban J connectivity index is 1.94. The van der Waals surface area contributed by atoms with E-state index >= 15 is 0 Å². The van der Waals surface area contributed by atoms with Crippen LogP contribution in [0.4, 0.5) is 5.69 Å². The lowest BCUT2D eigenvalue weighted by Gasteiger charge is -2.25. The van der Waals surface area contributed by atoms with Crippen LogP contribution < -0.4 is 5.32 Å². The molecule has 0 atom stereocenters. The van der Waals surface area contributed by atoms with Gasteiger partial charge < -0.3 is 10.4 Å². The number of nitrogens with one attached hydrogen (secondary N) is 1. The molecule has 6 nitrogen and oxygen atoms in total. The number of aliphatic hydroxyl groups excluding tert-OH is 1. The van der Waals surface area contributed by atoms with Crippen molar-refractivity contribution >= 4 is 27.5 Å². The molecule has 0 unspecified atom stereocenters. The lowest BCUT2D eigenvalue weighted by atomic mass is 9.87. The second-order valence-corrected chi connectivity index (χ2v) is 6.16. The van der Waals surface area contributed by atoms with Crippen molar-refractivity contribution < 1.29 is 14.8 Å². The predicted molar refractivity (Wildman–Crippen MR) is 81.1 cm³/mol. The van der Waals surface area contributed by atoms with Crippen molar-refractivity contribution in [3.8, 4) is 0 Å². The van der Waals surface area contributed by atoms with Crippen LogP contribution in [-0.4, -0.2) is 28.6 Å². The molecule has 2 N–H and O–H groups in total. The lowest BCUT2D eigenvalue weighted by molar-refractivity contribution is -0.385. The Morgan fingerprint density at radius 2 is 2.05 bits per heavy atom. The zero-order valence-corrected chi connectivity index (χ0v) is 13.0. The van der Waals surface area contributed by atoms with Crippen molar-refractivity contribution in [2.45, 2.75) is 31.8 Å². The maximum atomic E-state index is 12.0. The third-order valence-corrected chi connectivity index (χ3v) is 4.44. The Hall–Kier alpha value is -1.47. The van der Waals surface area contributed by atoms with E-state index in [0.717, 1.165) is 25.7 Å². The van der Waals surface area contributed by atoms with Crippen LogP contribution >= 0.6 is 15.9 Å². The first-order chi connectivity index (χ1) is 9.97. The van der Waals surface area contributed by atoms with Gasteiger partial charge in [-0.25, -0.2) is 0 Å². The average molecular weight is 357 g/mol. The van der Waals surface area contributed by atoms with E-state index in [2.05, 4.69) is 21.2 Å². The summed E-state index contributed by atoms with van der Waals surface area (Å²) in [5, 5.41) is 23.1. The van der Waals surface area contributed by atoms with E-state index < -0.39 is 4.92 Å². The molecule has 0 saturated heterocycles. The largest absolute Gasteiger partial charge is 0.393 e. The normalized spacial score (nSPS) is 21.8. The summed E-state index contributed by atoms with van der Waals surface area (Å²) < 4.78 is 0.352. The molecule has 7 heteroatoms. The highest BCUT2D eigenvalue weighted by molar-refractivity contribution is 9.10. The number of halogens is 1. The van der Waals surface area contributed by atoms with Crippen LogP contribution in [0.25, 0.3) is 0 Å². The summed E-state index contributed by atoms with van der Waals surface area (Å²) in [6, 6.07) is 4.32. The number of rotatable bonds is 4. The molecule has 1 aromatic rings. The van der Waals surface area contributed by atoms with Gasteiger partial charge >= 0.3 is 0 Å². The van der Waals surface area contributed by atoms with Crippen LogP contribution in [0.5, 0.6) is 0 Å². The Labute approximate surface area is 130 Å². The number of benzene rings is 1. The summed E-state index contributed by atoms with van der Waals surface area (Å²) in [7, 11) is 0. The van der Waals surface area contributed by atoms with Crippen LogP contribution in [-0.2, 0) is 0 Å². The molecule has 0 aromatic heterocycles. The number of hydrogen-bond acceptors (Lipinski definition) is 4. The van der Waals surface area contributed by atoms with Crippen LogP contribution in [0.3, 0.4) is 0 Å². The van der Waals surface area contributed by atoms with Crippen molar-refractivity contribution in [3.05, 3.63) is 38.3 Å². The second-order valence-electron chi connectivity index (χ2n) is 5.31. The zero-order chi connectivity index (χ0) is 15.4. The fourth-order valence-electron chi connectivity index (χ4n) is 2.48. The first kappa shape index (κ1) is 15.9. The van der Waals surface area contributed by atoms with Gasteiger partial charge in [-0.2, -0.15) is 0 Å². The van der Waals surface area contributed by atoms with E-state index in [4.69, 9.17) is 0 Å². The quantitative estimate of drug-likeness (QED) is 0.640. The number of aliphatic hydroxyl groups is 1. The number of nitro groups is 1. The summed E-state index contributed by atoms with van der Waals surface area (Å²) in [5.41, 5.74) is 0.157. The molecule has 1 aliphatic rings. The van der Waals surface area contributed by atoms with Crippen molar-refractivity contribution in [2.24, 2.45) is 5.92 Å². The number of carbonyl (C=O) groups is 1. The van der Waals surface area contributed by atoms with Gasteiger partial charge in [0.1, 0.15) is 0 Å². The number of carbonyl (C=O) groups excluding carboxylic acids is 1. The number of nitro benzene ring substituents is 1. The highest BCUT2D eigenvalue weighted by Gasteiger charge is 2.21. The standard InChI is InChI=1S/C14H17BrN2O4/c15-12-6-3-10(7-13(12)17(20)21)14(19)16-8-9-1-4-11(18)5-2-9/h3,6-7,9,11,18H,1-2,4-5,8H2,(H,16,19). The van der Waals surface area contributed by atoms with Gasteiger partial charge in [0.15, 0.2) is 0 Å². The fourth-order valence-corrected chi connectivity index (χ4v) is 2.87. The monoisotopic (exact) mass is 356 g/mol. The highest BCUT2D eigenvalue weighted by atomic mass is 79.9. The van der Waals surface area contributed by atoms with Gasteiger partial charge in [0.25, 0.3) is 11.6 Å². The molecule has 0 radical (unpaired) electrons. The lowest BCUT2D eigenvalue weighted by Crippen LogP contribution is -2.32. The summed E-state index contributed by atoms with van der Waals surface area (Å²) in [6.45, 7) is 0.537. The van der Waals surface area contributed by atoms with E-state index in [9.17, 15) is 20.0 Å². The van der Waals surface area contributed by atoms with Gasteiger partial charge in [0.05, 0.1) is 15.5 Å². The minimum atomic E-state index is -0.524. The molecule has 2 rings (SSSR count). The Morgan fingerprint density at radius 3 is 2.67 bits per heavy atom. The molecule has 114 valence electrons. The van der Waals surface area contributed by atoms with Crippen LogP contribution in [0.15, 0.2) is 22.7 Å². The van der Waals surface area contributed by atoms with Gasteiger partial charge in [-0.1, -0.05) is 0 Å². The topological polar surface area (TPSA) is 92.5 Å². The molecule has 21 heavy (non-hydrogen) atoms. The second kappa shape index (κ2) is 7.00. The maximum Gasteiger partial charge on any atom is 0.284 e. The van der Waals surface area contributed by atoms with E-state index in [1.54, 1.807) is 6.07 Å². The summed E-state index contributed by atoms with van der Waals surface area (Å²) in [5.74, 6) is 0.0551. The van der Waals surface area contributed by atoms with Gasteiger partial charge in [-0.15, -0.1) is 0 Å². The summed E-state index contributed by atoms with van der Waals surface area (Å²) >= 11 is 3.09. The van der Waals surface area contributed by atoms with Crippen molar-refractivity contribution in [3.63, 3.8) is 0 Å². The number of nitrogens with zero attached hydrogens (tertiary/aromatic N) is 1. The van der Waals surface area contributed by atoms with Gasteiger partial charge in [0.2, 0.25) is 0 Å². The smallest absolute Gasteiger partial charge is 0.284 e. The van der Waals surface area contributed by atoms with Crippen LogP contribution in [0, 0.1) is 16.0 Å². The van der Waals surface area contributed by atoms with E-state index in [-0.39, 0.29) is 23.3 Å². The minimum absolute atomic E-state index is 0.122. The predicted octanol–water partition coefficient (Wildman–Crippen LogP) is 2.64. The number of hydrogen-bond donors (Lipinski definition) is 2. The molecule has 0 aliphatic heterocycles. The molecular weight excluding hydrogens is 340 g/mol. The van der Waals surface area contributed by atoms with Crippen molar-refractivity contribution in [2.75, 3.05) is 6.54 Å². The van der Waals surface area contributed by atoms with Gasteiger partial charge in [-0.3, -0.25) is 14.9 Å². The molecule has 1 fully saturated rings. The van der Waals surface area contributed by atoms with Crippen LogP contribution in [0.1, 0.15) is 36.0 Å². The molecule has 1 aromatic carbocycles. The molecule has 1 saturated carbocycles. The maximum absolute atomic E-state index is 12.0. The third kappa shape index (κ3) is 4.25. The first-order valence-corrected chi connectivity index (χ1v) is 7.67. The summed E-state index contributed by atoms with van der Waals surface area (Å²) in [6.07, 6.45) is 3.10. The molecule has 0 bridgehead atoms. The molecule has 0 spiro atoms. The molecule has 0 heterocycles. The Morgan fingerprint density at radius 1 is 1.38 bits per heavy atom. The van der Waals surface area contributed by atoms with Crippen molar-refractivity contribution in [1.29, 1.82) is 0 Å². The third-order valence-electron chi connectivity index (χ3n) is 3.77. The minimum Gasteiger partial charge on any atom is -0.393 e. The van der Waals surface area contributed by atoms with E-state index in [1.165, 1.54) is 12.1 Å². The molecule has 1 aliphatic carbocycles. The fraction of sp³-hybridized carbons (Fsp3) is 0.500. The Bertz CT molecular complexity index is 542. The number of amides is 1. The average Bonchev–Trinajstić information content (AvgIpc) is 2.46. The Kier molecular flexibility index (Phi) is 5.30. The van der Waals surface area contributed by atoms with E-state index in [1.807, 2.05) is 0 Å². The van der Waals surface area contributed by atoms with Gasteiger partial charge in [0, 0.05) is 18.2 Å². The van der Waals surface area contributed by atoms with Gasteiger partial charge in [-0.05, 0) is 59.7 Å². The molecule has 1 amide bonds. The van der Waals surface area contributed by atoms with E-state index in [0.29, 0.717) is 16.9 Å². The summed E-state index contributed by atoms with van der Waals surface area (Å²) in [4.78, 5) is 22.4.